The molecule has 0 atom stereocenters. The van der Waals surface area contributed by atoms with Gasteiger partial charge in [0.1, 0.15) is 0 Å². The van der Waals surface area contributed by atoms with E-state index in [0.29, 0.717) is 5.57 Å². The van der Waals surface area contributed by atoms with E-state index in [1.165, 1.54) is 7.11 Å². The molecular formula is C13H16O2. The predicted octanol–water partition coefficient (Wildman–Crippen LogP) is 2.83. The normalized spacial score (nSPS) is 11.3. The molecule has 0 aliphatic rings. The minimum atomic E-state index is -0.279. The molecule has 2 nitrogen and oxygen atoms in total. The van der Waals surface area contributed by atoms with E-state index in [1.807, 2.05) is 31.2 Å². The van der Waals surface area contributed by atoms with Gasteiger partial charge in [-0.1, -0.05) is 37.3 Å². The fourth-order valence-corrected chi connectivity index (χ4v) is 1.58. The van der Waals surface area contributed by atoms with Crippen molar-refractivity contribution in [2.75, 3.05) is 7.11 Å². The molecule has 0 radical (unpaired) electrons. The van der Waals surface area contributed by atoms with E-state index in [2.05, 4.69) is 6.92 Å². The number of carbonyl (C=O) groups excluding carboxylic acids is 1. The SMILES string of the molecule is C/C=C(/C(=O)OC)c1ccccc1CC. The highest BCUT2D eigenvalue weighted by Crippen LogP contribution is 2.20. The van der Waals surface area contributed by atoms with Crippen molar-refractivity contribution in [1.29, 1.82) is 0 Å². The quantitative estimate of drug-likeness (QED) is 0.559. The molecule has 0 spiro atoms. The highest BCUT2D eigenvalue weighted by atomic mass is 16.5. The number of aryl methyl sites for hydroxylation is 1. The zero-order chi connectivity index (χ0) is 11.3. The van der Waals surface area contributed by atoms with E-state index in [1.54, 1.807) is 6.08 Å². The van der Waals surface area contributed by atoms with E-state index in [-0.39, 0.29) is 5.97 Å². The van der Waals surface area contributed by atoms with E-state index < -0.39 is 0 Å². The maximum absolute atomic E-state index is 11.5. The third-order valence-electron chi connectivity index (χ3n) is 2.38. The Balaban J connectivity index is 3.18. The Bertz CT molecular complexity index is 378. The molecule has 2 heteroatoms. The van der Waals surface area contributed by atoms with Crippen LogP contribution in [0, 0.1) is 0 Å². The summed E-state index contributed by atoms with van der Waals surface area (Å²) in [7, 11) is 1.40. The first kappa shape index (κ1) is 11.5. The summed E-state index contributed by atoms with van der Waals surface area (Å²) in [4.78, 5) is 11.5. The second kappa shape index (κ2) is 5.35. The minimum absolute atomic E-state index is 0.279. The second-order valence-electron chi connectivity index (χ2n) is 3.20. The number of benzene rings is 1. The maximum atomic E-state index is 11.5. The first-order valence-corrected chi connectivity index (χ1v) is 5.07. The predicted molar refractivity (Wildman–Crippen MR) is 61.5 cm³/mol. The van der Waals surface area contributed by atoms with Crippen LogP contribution in [0.15, 0.2) is 30.3 Å². The summed E-state index contributed by atoms with van der Waals surface area (Å²) >= 11 is 0. The van der Waals surface area contributed by atoms with E-state index in [0.717, 1.165) is 17.5 Å². The average Bonchev–Trinajstić information content (AvgIpc) is 2.30. The third-order valence-corrected chi connectivity index (χ3v) is 2.38. The van der Waals surface area contributed by atoms with Crippen LogP contribution in [0.5, 0.6) is 0 Å². The maximum Gasteiger partial charge on any atom is 0.338 e. The number of hydrogen-bond acceptors (Lipinski definition) is 2. The number of esters is 1. The van der Waals surface area contributed by atoms with Gasteiger partial charge in [0.05, 0.1) is 12.7 Å². The van der Waals surface area contributed by atoms with Gasteiger partial charge in [-0.2, -0.15) is 0 Å². The van der Waals surface area contributed by atoms with Crippen molar-refractivity contribution in [2.24, 2.45) is 0 Å². The Kier molecular flexibility index (Phi) is 4.10. The topological polar surface area (TPSA) is 26.3 Å². The molecule has 0 N–H and O–H groups in total. The van der Waals surface area contributed by atoms with Crippen molar-refractivity contribution in [3.8, 4) is 0 Å². The number of methoxy groups -OCH3 is 1. The first-order valence-electron chi connectivity index (χ1n) is 5.07. The van der Waals surface area contributed by atoms with Crippen LogP contribution in [0.4, 0.5) is 0 Å². The van der Waals surface area contributed by atoms with Gasteiger partial charge in [-0.25, -0.2) is 4.79 Å². The van der Waals surface area contributed by atoms with Gasteiger partial charge < -0.3 is 4.74 Å². The Morgan fingerprint density at radius 1 is 1.40 bits per heavy atom. The molecule has 0 bridgehead atoms. The van der Waals surface area contributed by atoms with Crippen LogP contribution in [-0.4, -0.2) is 13.1 Å². The van der Waals surface area contributed by atoms with Crippen molar-refractivity contribution >= 4 is 11.5 Å². The molecule has 0 saturated carbocycles. The second-order valence-corrected chi connectivity index (χ2v) is 3.20. The average molecular weight is 204 g/mol. The molecule has 0 aliphatic carbocycles. The van der Waals surface area contributed by atoms with Gasteiger partial charge in [0.15, 0.2) is 0 Å². The largest absolute Gasteiger partial charge is 0.465 e. The highest BCUT2D eigenvalue weighted by molar-refractivity contribution is 6.16. The molecular weight excluding hydrogens is 188 g/mol. The van der Waals surface area contributed by atoms with Crippen LogP contribution in [0.2, 0.25) is 0 Å². The molecule has 1 aromatic carbocycles. The molecule has 0 aromatic heterocycles. The van der Waals surface area contributed by atoms with Gasteiger partial charge in [-0.15, -0.1) is 0 Å². The molecule has 15 heavy (non-hydrogen) atoms. The Morgan fingerprint density at radius 3 is 2.60 bits per heavy atom. The monoisotopic (exact) mass is 204 g/mol. The van der Waals surface area contributed by atoms with E-state index in [4.69, 9.17) is 4.74 Å². The fraction of sp³-hybridized carbons (Fsp3) is 0.308. The molecule has 1 rings (SSSR count). The lowest BCUT2D eigenvalue weighted by Gasteiger charge is -2.09. The van der Waals surface area contributed by atoms with Crippen LogP contribution in [-0.2, 0) is 16.0 Å². The zero-order valence-corrected chi connectivity index (χ0v) is 9.41. The standard InChI is InChI=1S/C13H16O2/c1-4-10-8-6-7-9-12(10)11(5-2)13(14)15-3/h5-9H,4H2,1-3H3/b11-5+. The lowest BCUT2D eigenvalue weighted by atomic mass is 9.98. The molecule has 0 aliphatic heterocycles. The number of ether oxygens (including phenoxy) is 1. The molecule has 0 unspecified atom stereocenters. The van der Waals surface area contributed by atoms with Gasteiger partial charge in [-0.3, -0.25) is 0 Å². The lowest BCUT2D eigenvalue weighted by molar-refractivity contribution is -0.133. The molecule has 0 saturated heterocycles. The lowest BCUT2D eigenvalue weighted by Crippen LogP contribution is -2.05. The summed E-state index contributed by atoms with van der Waals surface area (Å²) in [5, 5.41) is 0. The Hall–Kier alpha value is -1.57. The van der Waals surface area contributed by atoms with Gasteiger partial charge in [-0.05, 0) is 24.5 Å². The summed E-state index contributed by atoms with van der Waals surface area (Å²) in [5.74, 6) is -0.279. The van der Waals surface area contributed by atoms with E-state index >= 15 is 0 Å². The number of hydrogen-bond donors (Lipinski definition) is 0. The molecule has 0 fully saturated rings. The van der Waals surface area contributed by atoms with Crippen LogP contribution in [0.25, 0.3) is 5.57 Å². The summed E-state index contributed by atoms with van der Waals surface area (Å²) < 4.78 is 4.75. The van der Waals surface area contributed by atoms with Crippen LogP contribution in [0.1, 0.15) is 25.0 Å². The van der Waals surface area contributed by atoms with Crippen molar-refractivity contribution in [1.82, 2.24) is 0 Å². The summed E-state index contributed by atoms with van der Waals surface area (Å²) in [6.07, 6.45) is 2.70. The molecule has 80 valence electrons. The van der Waals surface area contributed by atoms with Crippen LogP contribution in [0.3, 0.4) is 0 Å². The van der Waals surface area contributed by atoms with Gasteiger partial charge >= 0.3 is 5.97 Å². The highest BCUT2D eigenvalue weighted by Gasteiger charge is 2.13. The van der Waals surface area contributed by atoms with Crippen LogP contribution < -0.4 is 0 Å². The summed E-state index contributed by atoms with van der Waals surface area (Å²) in [5.41, 5.74) is 2.76. The molecule has 0 amide bonds. The van der Waals surface area contributed by atoms with Crippen molar-refractivity contribution in [2.45, 2.75) is 20.3 Å². The van der Waals surface area contributed by atoms with Crippen LogP contribution >= 0.6 is 0 Å². The zero-order valence-electron chi connectivity index (χ0n) is 9.41. The van der Waals surface area contributed by atoms with Gasteiger partial charge in [0.25, 0.3) is 0 Å². The Morgan fingerprint density at radius 2 is 2.07 bits per heavy atom. The summed E-state index contributed by atoms with van der Waals surface area (Å²) in [6.45, 7) is 3.92. The summed E-state index contributed by atoms with van der Waals surface area (Å²) in [6, 6.07) is 7.89. The van der Waals surface area contributed by atoms with E-state index in [9.17, 15) is 4.79 Å². The number of allylic oxidation sites excluding steroid dienone is 1. The first-order chi connectivity index (χ1) is 7.24. The van der Waals surface area contributed by atoms with Crippen molar-refractivity contribution in [3.63, 3.8) is 0 Å². The van der Waals surface area contributed by atoms with Gasteiger partial charge in [0.2, 0.25) is 0 Å². The molecule has 0 heterocycles. The fourth-order valence-electron chi connectivity index (χ4n) is 1.58. The minimum Gasteiger partial charge on any atom is -0.465 e. The smallest absolute Gasteiger partial charge is 0.338 e. The number of rotatable bonds is 3. The van der Waals surface area contributed by atoms with Crippen molar-refractivity contribution < 1.29 is 9.53 Å². The molecule has 1 aromatic rings. The third kappa shape index (κ3) is 2.46. The number of carbonyl (C=O) groups is 1. The van der Waals surface area contributed by atoms with Gasteiger partial charge in [0, 0.05) is 0 Å². The Labute approximate surface area is 90.6 Å². The van der Waals surface area contributed by atoms with Crippen molar-refractivity contribution in [3.05, 3.63) is 41.5 Å².